The molecule has 0 aromatic heterocycles. The zero-order chi connectivity index (χ0) is 7.11. The van der Waals surface area contributed by atoms with Crippen LogP contribution >= 0.6 is 0 Å². The molecule has 0 saturated carbocycles. The number of rotatable bonds is 5. The Bertz CT molecular complexity index is 86.2. The molecular weight excluding hydrogens is 119 g/mol. The van der Waals surface area contributed by atoms with Crippen molar-refractivity contribution in [3.63, 3.8) is 0 Å². The minimum absolute atomic E-state index is 0. The first-order chi connectivity index (χ1) is 4.27. The number of ketones is 1. The van der Waals surface area contributed by atoms with Crippen LogP contribution in [0.15, 0.2) is 0 Å². The Morgan fingerprint density at radius 3 is 2.30 bits per heavy atom. The monoisotopic (exact) mass is 136 g/mol. The molecule has 0 amide bonds. The van der Waals surface area contributed by atoms with Crippen molar-refractivity contribution < 1.29 is 25.1 Å². The van der Waals surface area contributed by atoms with Crippen LogP contribution in [0.4, 0.5) is 0 Å². The van der Waals surface area contributed by atoms with Gasteiger partial charge in [-0.15, -0.1) is 0 Å². The van der Waals surface area contributed by atoms with Gasteiger partial charge in [-0.05, 0) is 13.3 Å². The van der Waals surface area contributed by atoms with E-state index in [0.29, 0.717) is 5.78 Å². The van der Waals surface area contributed by atoms with E-state index in [9.17, 15) is 4.79 Å². The Morgan fingerprint density at radius 1 is 1.30 bits per heavy atom. The molecule has 0 aliphatic carbocycles. The molecule has 1 nitrogen and oxygen atoms in total. The van der Waals surface area contributed by atoms with E-state index in [0.717, 1.165) is 12.8 Å². The van der Waals surface area contributed by atoms with Gasteiger partial charge in [-0.2, -0.15) is 0 Å². The van der Waals surface area contributed by atoms with E-state index in [1.165, 1.54) is 19.3 Å². The van der Waals surface area contributed by atoms with Crippen molar-refractivity contribution in [3.05, 3.63) is 0 Å². The smallest absolute Gasteiger partial charge is 1.00 e. The molecule has 0 saturated heterocycles. The predicted molar refractivity (Wildman–Crippen MR) is 40.6 cm³/mol. The number of unbranched alkanes of at least 4 members (excludes halogenated alkanes) is 3. The van der Waals surface area contributed by atoms with Crippen molar-refractivity contribution in [1.82, 2.24) is 0 Å². The third-order valence-electron chi connectivity index (χ3n) is 1.38. The molecule has 0 N–H and O–H groups in total. The van der Waals surface area contributed by atoms with Gasteiger partial charge in [0.05, 0.1) is 0 Å². The summed E-state index contributed by atoms with van der Waals surface area (Å²) in [5.41, 5.74) is 0. The summed E-state index contributed by atoms with van der Waals surface area (Å²) < 4.78 is 0. The van der Waals surface area contributed by atoms with Crippen LogP contribution in [0, 0.1) is 0 Å². The number of hydrogen-bond donors (Lipinski definition) is 0. The maximum atomic E-state index is 10.4. The fourth-order valence-electron chi connectivity index (χ4n) is 0.801. The Labute approximate surface area is 77.2 Å². The van der Waals surface area contributed by atoms with Gasteiger partial charge in [0.2, 0.25) is 0 Å². The van der Waals surface area contributed by atoms with E-state index >= 15 is 0 Å². The quantitative estimate of drug-likeness (QED) is 0.373. The minimum Gasteiger partial charge on any atom is -1.00 e. The van der Waals surface area contributed by atoms with Crippen molar-refractivity contribution in [2.24, 2.45) is 0 Å². The van der Waals surface area contributed by atoms with Gasteiger partial charge in [0.1, 0.15) is 5.78 Å². The zero-order valence-corrected chi connectivity index (χ0v) is 7.44. The number of hydrogen-bond acceptors (Lipinski definition) is 1. The van der Waals surface area contributed by atoms with Gasteiger partial charge < -0.3 is 6.22 Å². The normalized spacial score (nSPS) is 8.60. The van der Waals surface area contributed by atoms with E-state index < -0.39 is 0 Å². The second kappa shape index (κ2) is 9.27. The van der Waals surface area contributed by atoms with Gasteiger partial charge in [0.15, 0.2) is 0 Å². The van der Waals surface area contributed by atoms with Crippen LogP contribution in [0.5, 0.6) is 0 Å². The molecule has 0 atom stereocenters. The van der Waals surface area contributed by atoms with E-state index in [1.807, 2.05) is 0 Å². The van der Waals surface area contributed by atoms with Gasteiger partial charge >= 0.3 is 18.9 Å². The second-order valence-electron chi connectivity index (χ2n) is 2.51. The van der Waals surface area contributed by atoms with Crippen molar-refractivity contribution in [3.8, 4) is 0 Å². The molecule has 0 aromatic carbocycles. The number of Topliss-reactive ketones (excluding diaryl/α,β-unsaturated/α-hetero) is 1. The summed E-state index contributed by atoms with van der Waals surface area (Å²) in [5.74, 6) is 0.325. The van der Waals surface area contributed by atoms with Crippen LogP contribution in [0.25, 0.3) is 0 Å². The molecule has 56 valence electrons. The van der Waals surface area contributed by atoms with Crippen LogP contribution in [0.2, 0.25) is 0 Å². The first-order valence-corrected chi connectivity index (χ1v) is 3.76. The molecule has 0 aliphatic heterocycles. The molecule has 0 fully saturated rings. The topological polar surface area (TPSA) is 17.1 Å². The van der Waals surface area contributed by atoms with E-state index in [2.05, 4.69) is 6.92 Å². The van der Waals surface area contributed by atoms with E-state index in [4.69, 9.17) is 0 Å². The second-order valence-corrected chi connectivity index (χ2v) is 2.51. The molecule has 0 aliphatic rings. The summed E-state index contributed by atoms with van der Waals surface area (Å²) in [4.78, 5) is 10.4. The first kappa shape index (κ1) is 12.9. The molecule has 2 heteroatoms. The average Bonchev–Trinajstić information content (AvgIpc) is 1.80. The van der Waals surface area contributed by atoms with Gasteiger partial charge in [0.25, 0.3) is 0 Å². The molecule has 10 heavy (non-hydrogen) atoms. The first-order valence-electron chi connectivity index (χ1n) is 3.76. The van der Waals surface area contributed by atoms with Gasteiger partial charge in [-0.1, -0.05) is 26.2 Å². The van der Waals surface area contributed by atoms with Crippen molar-refractivity contribution >= 4 is 5.78 Å². The molecule has 0 radical (unpaired) electrons. The van der Waals surface area contributed by atoms with Crippen molar-refractivity contribution in [2.45, 2.75) is 46.0 Å². The number of carbonyl (C=O) groups excluding carboxylic acids is 1. The summed E-state index contributed by atoms with van der Waals surface area (Å²) in [6.45, 7) is 3.83. The van der Waals surface area contributed by atoms with Crippen LogP contribution in [-0.2, 0) is 4.79 Å². The summed E-state index contributed by atoms with van der Waals surface area (Å²) in [6, 6.07) is 0. The van der Waals surface area contributed by atoms with Crippen LogP contribution in [0.1, 0.15) is 47.4 Å². The van der Waals surface area contributed by atoms with Crippen LogP contribution in [0.3, 0.4) is 0 Å². The molecule has 0 bridgehead atoms. The standard InChI is InChI=1S/C8H16O.Li.H/c1-3-4-5-6-7-8(2)9;;/h3-7H2,1-2H3;;/q;+1;-1. The molecule has 0 spiro atoms. The minimum atomic E-state index is 0. The fourth-order valence-corrected chi connectivity index (χ4v) is 0.801. The Morgan fingerprint density at radius 2 is 1.90 bits per heavy atom. The van der Waals surface area contributed by atoms with Crippen LogP contribution < -0.4 is 18.9 Å². The van der Waals surface area contributed by atoms with E-state index in [1.54, 1.807) is 6.92 Å². The third-order valence-corrected chi connectivity index (χ3v) is 1.38. The summed E-state index contributed by atoms with van der Waals surface area (Å²) in [6.07, 6.45) is 5.60. The van der Waals surface area contributed by atoms with Crippen LogP contribution in [-0.4, -0.2) is 5.78 Å². The summed E-state index contributed by atoms with van der Waals surface area (Å²) >= 11 is 0. The third kappa shape index (κ3) is 11.1. The predicted octanol–water partition coefficient (Wildman–Crippen LogP) is -0.338. The number of carbonyl (C=O) groups is 1. The largest absolute Gasteiger partial charge is 1.00 e. The Balaban J connectivity index is -0.000000320. The fraction of sp³-hybridized carbons (Fsp3) is 0.875. The SMILES string of the molecule is CCCCCCC(C)=O.[H-].[Li+]. The maximum absolute atomic E-state index is 10.4. The van der Waals surface area contributed by atoms with Crippen molar-refractivity contribution in [2.75, 3.05) is 0 Å². The zero-order valence-electron chi connectivity index (χ0n) is 8.44. The van der Waals surface area contributed by atoms with E-state index in [-0.39, 0.29) is 20.3 Å². The Kier molecular flexibility index (Phi) is 12.0. The van der Waals surface area contributed by atoms with Gasteiger partial charge in [0, 0.05) is 6.42 Å². The molecule has 0 unspecified atom stereocenters. The molecule has 0 rings (SSSR count). The summed E-state index contributed by atoms with van der Waals surface area (Å²) in [7, 11) is 0. The molecular formula is C8H17LiO. The molecule has 0 heterocycles. The molecule has 0 aromatic rings. The maximum Gasteiger partial charge on any atom is 1.00 e. The average molecular weight is 136 g/mol. The summed E-state index contributed by atoms with van der Waals surface area (Å²) in [5, 5.41) is 0. The van der Waals surface area contributed by atoms with Crippen molar-refractivity contribution in [1.29, 1.82) is 0 Å². The van der Waals surface area contributed by atoms with Gasteiger partial charge in [-0.3, -0.25) is 0 Å². The van der Waals surface area contributed by atoms with Gasteiger partial charge in [-0.25, -0.2) is 0 Å². The Hall–Kier alpha value is 0.267.